The topological polar surface area (TPSA) is 43.4 Å². The number of ether oxygens (including phenoxy) is 2. The molecule has 3 atom stereocenters. The van der Waals surface area contributed by atoms with Gasteiger partial charge in [0.1, 0.15) is 18.0 Å². The van der Waals surface area contributed by atoms with Crippen molar-refractivity contribution in [3.63, 3.8) is 0 Å². The maximum Gasteiger partial charge on any atom is 0.129 e. The smallest absolute Gasteiger partial charge is 0.129 e. The molecule has 1 aromatic heterocycles. The van der Waals surface area contributed by atoms with E-state index in [4.69, 9.17) is 9.47 Å². The molecule has 1 fully saturated rings. The highest BCUT2D eigenvalue weighted by Gasteiger charge is 2.42. The summed E-state index contributed by atoms with van der Waals surface area (Å²) in [5.74, 6) is 0.889. The summed E-state index contributed by atoms with van der Waals surface area (Å²) in [7, 11) is 1.97. The van der Waals surface area contributed by atoms with Crippen LogP contribution in [0.15, 0.2) is 36.5 Å². The second-order valence-electron chi connectivity index (χ2n) is 5.03. The molecule has 1 aliphatic carbocycles. The Balaban J connectivity index is 1.80. The molecule has 1 saturated carbocycles. The van der Waals surface area contributed by atoms with Crippen LogP contribution in [-0.4, -0.2) is 36.9 Å². The highest BCUT2D eigenvalue weighted by Crippen LogP contribution is 2.32. The van der Waals surface area contributed by atoms with Crippen molar-refractivity contribution in [1.29, 1.82) is 0 Å². The molecule has 0 saturated heterocycles. The molecule has 1 aliphatic rings. The summed E-state index contributed by atoms with van der Waals surface area (Å²) in [6, 6.07) is 10.3. The van der Waals surface area contributed by atoms with Gasteiger partial charge in [-0.1, -0.05) is 6.07 Å². The summed E-state index contributed by atoms with van der Waals surface area (Å²) in [5, 5.41) is 4.33. The van der Waals surface area contributed by atoms with Crippen molar-refractivity contribution >= 4 is 10.9 Å². The van der Waals surface area contributed by atoms with Gasteiger partial charge < -0.3 is 14.8 Å². The zero-order valence-electron chi connectivity index (χ0n) is 11.9. The fourth-order valence-corrected chi connectivity index (χ4v) is 2.74. The number of rotatable bonds is 5. The quantitative estimate of drug-likeness (QED) is 0.907. The molecule has 1 aromatic carbocycles. The van der Waals surface area contributed by atoms with Crippen LogP contribution in [0.4, 0.5) is 0 Å². The molecular formula is C16H20N2O2. The van der Waals surface area contributed by atoms with Crippen LogP contribution in [0, 0.1) is 0 Å². The minimum atomic E-state index is 0.109. The molecule has 4 heteroatoms. The van der Waals surface area contributed by atoms with E-state index in [1.54, 1.807) is 6.20 Å². The van der Waals surface area contributed by atoms with E-state index in [1.165, 1.54) is 0 Å². The summed E-state index contributed by atoms with van der Waals surface area (Å²) >= 11 is 0. The normalized spacial score (nSPS) is 25.4. The van der Waals surface area contributed by atoms with E-state index < -0.39 is 0 Å². The highest BCUT2D eigenvalue weighted by molar-refractivity contribution is 5.84. The van der Waals surface area contributed by atoms with Gasteiger partial charge in [-0.2, -0.15) is 0 Å². The van der Waals surface area contributed by atoms with Gasteiger partial charge in [-0.05, 0) is 38.2 Å². The third-order valence-corrected chi connectivity index (χ3v) is 3.86. The first-order valence-corrected chi connectivity index (χ1v) is 7.12. The van der Waals surface area contributed by atoms with E-state index in [2.05, 4.69) is 10.3 Å². The Hall–Kier alpha value is -1.65. The Labute approximate surface area is 119 Å². The first-order valence-electron chi connectivity index (χ1n) is 7.12. The van der Waals surface area contributed by atoms with Crippen molar-refractivity contribution in [3.8, 4) is 5.75 Å². The zero-order valence-corrected chi connectivity index (χ0v) is 11.9. The van der Waals surface area contributed by atoms with Gasteiger partial charge in [0.25, 0.3) is 0 Å². The number of benzene rings is 1. The predicted molar refractivity (Wildman–Crippen MR) is 79.0 cm³/mol. The SMILES string of the molecule is CCOC1C(NC)CC1Oc1cccc2ncccc12. The molecule has 4 nitrogen and oxygen atoms in total. The number of aromatic nitrogens is 1. The Kier molecular flexibility index (Phi) is 3.85. The molecule has 0 spiro atoms. The van der Waals surface area contributed by atoms with Crippen molar-refractivity contribution in [3.05, 3.63) is 36.5 Å². The molecule has 106 valence electrons. The number of nitrogens with one attached hydrogen (secondary N) is 1. The maximum absolute atomic E-state index is 6.16. The molecule has 2 aromatic rings. The van der Waals surface area contributed by atoms with Crippen LogP contribution in [-0.2, 0) is 4.74 Å². The average molecular weight is 272 g/mol. The van der Waals surface area contributed by atoms with Crippen LogP contribution >= 0.6 is 0 Å². The van der Waals surface area contributed by atoms with Gasteiger partial charge in [-0.15, -0.1) is 0 Å². The molecular weight excluding hydrogens is 252 g/mol. The Morgan fingerprint density at radius 3 is 3.00 bits per heavy atom. The van der Waals surface area contributed by atoms with Gasteiger partial charge in [-0.25, -0.2) is 0 Å². The van der Waals surface area contributed by atoms with E-state index in [-0.39, 0.29) is 12.2 Å². The number of pyridine rings is 1. The third kappa shape index (κ3) is 2.37. The van der Waals surface area contributed by atoms with Crippen molar-refractivity contribution in [2.45, 2.75) is 31.6 Å². The van der Waals surface area contributed by atoms with E-state index in [9.17, 15) is 0 Å². The second kappa shape index (κ2) is 5.77. The van der Waals surface area contributed by atoms with Crippen LogP contribution < -0.4 is 10.1 Å². The lowest BCUT2D eigenvalue weighted by molar-refractivity contribution is -0.102. The van der Waals surface area contributed by atoms with Gasteiger partial charge in [0.15, 0.2) is 0 Å². The molecule has 3 unspecified atom stereocenters. The van der Waals surface area contributed by atoms with Crippen molar-refractivity contribution in [2.24, 2.45) is 0 Å². The minimum Gasteiger partial charge on any atom is -0.487 e. The molecule has 0 aliphatic heterocycles. The average Bonchev–Trinajstić information content (AvgIpc) is 2.48. The van der Waals surface area contributed by atoms with E-state index in [0.29, 0.717) is 12.6 Å². The van der Waals surface area contributed by atoms with Gasteiger partial charge in [0.2, 0.25) is 0 Å². The summed E-state index contributed by atoms with van der Waals surface area (Å²) in [5.41, 5.74) is 0.961. The number of likely N-dealkylation sites (N-methyl/N-ethyl adjacent to an activating group) is 1. The molecule has 0 bridgehead atoms. The lowest BCUT2D eigenvalue weighted by Crippen LogP contribution is -2.60. The predicted octanol–water partition coefficient (Wildman–Crippen LogP) is 2.38. The zero-order chi connectivity index (χ0) is 13.9. The number of nitrogens with zero attached hydrogens (tertiary/aromatic N) is 1. The van der Waals surface area contributed by atoms with Crippen LogP contribution in [0.25, 0.3) is 10.9 Å². The van der Waals surface area contributed by atoms with Gasteiger partial charge in [-0.3, -0.25) is 4.98 Å². The lowest BCUT2D eigenvalue weighted by Gasteiger charge is -2.43. The Morgan fingerprint density at radius 2 is 2.20 bits per heavy atom. The van der Waals surface area contributed by atoms with Crippen molar-refractivity contribution in [1.82, 2.24) is 10.3 Å². The Bertz CT molecular complexity index is 582. The van der Waals surface area contributed by atoms with Crippen LogP contribution in [0.1, 0.15) is 13.3 Å². The molecule has 0 radical (unpaired) electrons. The first-order chi connectivity index (χ1) is 9.83. The van der Waals surface area contributed by atoms with Crippen LogP contribution in [0.3, 0.4) is 0 Å². The summed E-state index contributed by atoms with van der Waals surface area (Å²) in [4.78, 5) is 4.36. The molecule has 1 heterocycles. The summed E-state index contributed by atoms with van der Waals surface area (Å²) < 4.78 is 11.9. The number of fused-ring (bicyclic) bond motifs is 1. The van der Waals surface area contributed by atoms with Crippen molar-refractivity contribution in [2.75, 3.05) is 13.7 Å². The van der Waals surface area contributed by atoms with Gasteiger partial charge >= 0.3 is 0 Å². The van der Waals surface area contributed by atoms with E-state index >= 15 is 0 Å². The third-order valence-electron chi connectivity index (χ3n) is 3.86. The standard InChI is InChI=1S/C16H20N2O2/c1-3-19-16-13(17-2)10-15(16)20-14-8-4-7-12-11(14)6-5-9-18-12/h4-9,13,15-17H,3,10H2,1-2H3. The fraction of sp³-hybridized carbons (Fsp3) is 0.438. The van der Waals surface area contributed by atoms with Crippen LogP contribution in [0.5, 0.6) is 5.75 Å². The molecule has 1 N–H and O–H groups in total. The van der Waals surface area contributed by atoms with Crippen LogP contribution in [0.2, 0.25) is 0 Å². The lowest BCUT2D eigenvalue weighted by atomic mass is 9.85. The van der Waals surface area contributed by atoms with Gasteiger partial charge in [0.05, 0.1) is 5.52 Å². The second-order valence-corrected chi connectivity index (χ2v) is 5.03. The monoisotopic (exact) mass is 272 g/mol. The fourth-order valence-electron chi connectivity index (χ4n) is 2.74. The van der Waals surface area contributed by atoms with Crippen molar-refractivity contribution < 1.29 is 9.47 Å². The summed E-state index contributed by atoms with van der Waals surface area (Å²) in [6.07, 6.45) is 3.00. The minimum absolute atomic E-state index is 0.109. The number of hydrogen-bond donors (Lipinski definition) is 1. The first kappa shape index (κ1) is 13.3. The Morgan fingerprint density at radius 1 is 1.30 bits per heavy atom. The van der Waals surface area contributed by atoms with E-state index in [1.807, 2.05) is 44.3 Å². The molecule has 0 amide bonds. The highest BCUT2D eigenvalue weighted by atomic mass is 16.5. The largest absolute Gasteiger partial charge is 0.487 e. The maximum atomic E-state index is 6.16. The number of hydrogen-bond acceptors (Lipinski definition) is 4. The molecule has 3 rings (SSSR count). The van der Waals surface area contributed by atoms with Gasteiger partial charge in [0, 0.05) is 30.7 Å². The summed E-state index contributed by atoms with van der Waals surface area (Å²) in [6.45, 7) is 2.73. The molecule has 20 heavy (non-hydrogen) atoms. The van der Waals surface area contributed by atoms with E-state index in [0.717, 1.165) is 23.1 Å².